The molecule has 2 rings (SSSR count). The van der Waals surface area contributed by atoms with Crippen LogP contribution in [0.5, 0.6) is 0 Å². The third kappa shape index (κ3) is 3.75. The van der Waals surface area contributed by atoms with Crippen molar-refractivity contribution < 1.29 is 0 Å². The van der Waals surface area contributed by atoms with Crippen molar-refractivity contribution in [3.05, 3.63) is 40.1 Å². The van der Waals surface area contributed by atoms with E-state index in [-0.39, 0.29) is 0 Å². The number of aromatic nitrogens is 2. The van der Waals surface area contributed by atoms with E-state index in [4.69, 9.17) is 23.2 Å². The molecular weight excluding hydrogens is 301 g/mol. The Hall–Kier alpha value is -0.970. The lowest BCUT2D eigenvalue weighted by Crippen LogP contribution is -2.00. The van der Waals surface area contributed by atoms with Gasteiger partial charge in [-0.1, -0.05) is 41.9 Å². The molecule has 0 aliphatic carbocycles. The van der Waals surface area contributed by atoms with Crippen molar-refractivity contribution in [1.82, 2.24) is 9.97 Å². The van der Waals surface area contributed by atoms with E-state index >= 15 is 0 Å². The van der Waals surface area contributed by atoms with Crippen molar-refractivity contribution in [3.63, 3.8) is 0 Å². The molecule has 0 unspecified atom stereocenters. The first-order valence-corrected chi connectivity index (χ1v) is 7.38. The maximum absolute atomic E-state index is 6.15. The summed E-state index contributed by atoms with van der Waals surface area (Å²) in [6, 6.07) is 7.28. The summed E-state index contributed by atoms with van der Waals surface area (Å²) in [4.78, 5) is 9.72. The van der Waals surface area contributed by atoms with Crippen molar-refractivity contribution in [2.45, 2.75) is 23.3 Å². The maximum Gasteiger partial charge on any atom is 0.131 e. The first kappa shape index (κ1) is 14.4. The maximum atomic E-state index is 6.15. The summed E-state index contributed by atoms with van der Waals surface area (Å²) in [6.07, 6.45) is 0.784. The Morgan fingerprint density at radius 3 is 2.68 bits per heavy atom. The first-order valence-electron chi connectivity index (χ1n) is 5.81. The van der Waals surface area contributed by atoms with Crippen LogP contribution in [0.25, 0.3) is 0 Å². The van der Waals surface area contributed by atoms with Gasteiger partial charge in [0.15, 0.2) is 0 Å². The molecule has 0 bridgehead atoms. The van der Waals surface area contributed by atoms with Gasteiger partial charge >= 0.3 is 0 Å². The summed E-state index contributed by atoms with van der Waals surface area (Å²) >= 11 is 13.6. The molecule has 0 aliphatic heterocycles. The van der Waals surface area contributed by atoms with E-state index in [1.807, 2.05) is 26.1 Å². The topological polar surface area (TPSA) is 37.8 Å². The Bertz CT molecular complexity index is 568. The van der Waals surface area contributed by atoms with Gasteiger partial charge in [0.05, 0.1) is 5.02 Å². The molecule has 0 atom stereocenters. The molecule has 0 saturated carbocycles. The van der Waals surface area contributed by atoms with Crippen LogP contribution in [0, 0.1) is 0 Å². The van der Waals surface area contributed by atoms with Crippen LogP contribution >= 0.6 is 35.0 Å². The average molecular weight is 314 g/mol. The van der Waals surface area contributed by atoms with Gasteiger partial charge in [-0.05, 0) is 18.2 Å². The number of hydrogen-bond donors (Lipinski definition) is 1. The van der Waals surface area contributed by atoms with Crippen LogP contribution in [-0.2, 0) is 6.42 Å². The molecule has 0 amide bonds. The molecule has 0 radical (unpaired) electrons. The lowest BCUT2D eigenvalue weighted by Gasteiger charge is -2.07. The van der Waals surface area contributed by atoms with Crippen LogP contribution in [0.1, 0.15) is 12.7 Å². The van der Waals surface area contributed by atoms with Crippen molar-refractivity contribution in [2.24, 2.45) is 0 Å². The number of anilines is 1. The van der Waals surface area contributed by atoms with E-state index in [9.17, 15) is 0 Å². The summed E-state index contributed by atoms with van der Waals surface area (Å²) in [5, 5.41) is 5.20. The number of hydrogen-bond acceptors (Lipinski definition) is 4. The van der Waals surface area contributed by atoms with Gasteiger partial charge in [0.1, 0.15) is 16.7 Å². The molecule has 0 fully saturated rings. The fourth-order valence-electron chi connectivity index (χ4n) is 1.48. The highest BCUT2D eigenvalue weighted by Crippen LogP contribution is 2.34. The molecule has 0 spiro atoms. The average Bonchev–Trinajstić information content (AvgIpc) is 2.42. The van der Waals surface area contributed by atoms with Crippen LogP contribution in [0.15, 0.2) is 34.2 Å². The summed E-state index contributed by atoms with van der Waals surface area (Å²) in [5.74, 6) is 1.60. The van der Waals surface area contributed by atoms with Crippen molar-refractivity contribution in [3.8, 4) is 0 Å². The van der Waals surface area contributed by atoms with Crippen molar-refractivity contribution in [2.75, 3.05) is 12.4 Å². The minimum absolute atomic E-state index is 0.658. The highest BCUT2D eigenvalue weighted by Gasteiger charge is 2.08. The second-order valence-electron chi connectivity index (χ2n) is 3.79. The molecule has 1 N–H and O–H groups in total. The van der Waals surface area contributed by atoms with Crippen molar-refractivity contribution >= 4 is 40.8 Å². The van der Waals surface area contributed by atoms with Crippen LogP contribution in [-0.4, -0.2) is 17.0 Å². The summed E-state index contributed by atoms with van der Waals surface area (Å²) in [7, 11) is 1.84. The van der Waals surface area contributed by atoms with E-state index in [1.54, 1.807) is 12.1 Å². The monoisotopic (exact) mass is 313 g/mol. The molecule has 1 aromatic heterocycles. The zero-order chi connectivity index (χ0) is 13.8. The molecule has 2 aromatic rings. The highest BCUT2D eigenvalue weighted by molar-refractivity contribution is 7.99. The van der Waals surface area contributed by atoms with E-state index in [1.165, 1.54) is 11.8 Å². The van der Waals surface area contributed by atoms with Crippen LogP contribution in [0.2, 0.25) is 10.0 Å². The van der Waals surface area contributed by atoms with Gasteiger partial charge in [-0.15, -0.1) is 0 Å². The number of halogens is 2. The quantitative estimate of drug-likeness (QED) is 0.841. The van der Waals surface area contributed by atoms with Gasteiger partial charge in [-0.3, -0.25) is 0 Å². The van der Waals surface area contributed by atoms with Crippen LogP contribution in [0.4, 0.5) is 5.82 Å². The van der Waals surface area contributed by atoms with E-state index in [0.717, 1.165) is 28.0 Å². The van der Waals surface area contributed by atoms with Crippen LogP contribution < -0.4 is 5.32 Å². The first-order chi connectivity index (χ1) is 9.12. The minimum atomic E-state index is 0.658. The molecule has 100 valence electrons. The second kappa shape index (κ2) is 6.46. The Morgan fingerprint density at radius 1 is 1.21 bits per heavy atom. The molecular formula is C13H13Cl2N3S. The van der Waals surface area contributed by atoms with E-state index < -0.39 is 0 Å². The van der Waals surface area contributed by atoms with Gasteiger partial charge in [-0.2, -0.15) is 0 Å². The van der Waals surface area contributed by atoms with Crippen LogP contribution in [0.3, 0.4) is 0 Å². The molecule has 0 saturated heterocycles. The van der Waals surface area contributed by atoms with E-state index in [2.05, 4.69) is 15.3 Å². The summed E-state index contributed by atoms with van der Waals surface area (Å²) < 4.78 is 0. The zero-order valence-corrected chi connectivity index (χ0v) is 12.9. The number of aryl methyl sites for hydroxylation is 1. The van der Waals surface area contributed by atoms with Gasteiger partial charge in [0, 0.05) is 29.5 Å². The molecule has 19 heavy (non-hydrogen) atoms. The third-order valence-electron chi connectivity index (χ3n) is 2.43. The normalized spacial score (nSPS) is 10.5. The molecule has 1 heterocycles. The predicted molar refractivity (Wildman–Crippen MR) is 81.5 cm³/mol. The number of nitrogens with one attached hydrogen (secondary N) is 1. The van der Waals surface area contributed by atoms with Gasteiger partial charge < -0.3 is 5.32 Å². The molecule has 0 aliphatic rings. The predicted octanol–water partition coefficient (Wildman–Crippen LogP) is 4.54. The molecule has 6 heteroatoms. The number of nitrogens with zero attached hydrogens (tertiary/aromatic N) is 2. The molecule has 1 aromatic carbocycles. The smallest absolute Gasteiger partial charge is 0.131 e. The summed E-state index contributed by atoms with van der Waals surface area (Å²) in [5.41, 5.74) is 0. The minimum Gasteiger partial charge on any atom is -0.373 e. The van der Waals surface area contributed by atoms with E-state index in [0.29, 0.717) is 10.0 Å². The largest absolute Gasteiger partial charge is 0.373 e. The van der Waals surface area contributed by atoms with Gasteiger partial charge in [-0.25, -0.2) is 9.97 Å². The number of rotatable bonds is 4. The Labute approximate surface area is 126 Å². The Balaban J connectivity index is 2.34. The standard InChI is InChI=1S/C13H13Cl2N3S/c1-3-11-17-12(16-2)7-13(18-11)19-10-6-8(14)4-5-9(10)15/h4-7H,3H2,1-2H3,(H,16,17,18). The Kier molecular flexibility index (Phi) is 4.91. The van der Waals surface area contributed by atoms with Gasteiger partial charge in [0.25, 0.3) is 0 Å². The SMILES string of the molecule is CCc1nc(NC)cc(Sc2cc(Cl)ccc2Cl)n1. The Morgan fingerprint density at radius 2 is 2.00 bits per heavy atom. The number of benzene rings is 1. The highest BCUT2D eigenvalue weighted by atomic mass is 35.5. The van der Waals surface area contributed by atoms with Gasteiger partial charge in [0.2, 0.25) is 0 Å². The third-order valence-corrected chi connectivity index (χ3v) is 4.08. The lowest BCUT2D eigenvalue weighted by atomic mass is 10.4. The summed E-state index contributed by atoms with van der Waals surface area (Å²) in [6.45, 7) is 2.02. The zero-order valence-electron chi connectivity index (χ0n) is 10.6. The lowest BCUT2D eigenvalue weighted by molar-refractivity contribution is 0.891. The fourth-order valence-corrected chi connectivity index (χ4v) is 2.85. The fraction of sp³-hybridized carbons (Fsp3) is 0.231. The van der Waals surface area contributed by atoms with Crippen molar-refractivity contribution in [1.29, 1.82) is 0 Å². The second-order valence-corrected chi connectivity index (χ2v) is 5.69. The molecule has 3 nitrogen and oxygen atoms in total.